The zero-order chi connectivity index (χ0) is 14.4. The van der Waals surface area contributed by atoms with Crippen LogP contribution < -0.4 is 10.3 Å². The van der Waals surface area contributed by atoms with E-state index in [9.17, 15) is 4.79 Å². The van der Waals surface area contributed by atoms with Gasteiger partial charge in [-0.3, -0.25) is 4.79 Å². The molecule has 4 heteroatoms. The van der Waals surface area contributed by atoms with Crippen LogP contribution in [0.3, 0.4) is 0 Å². The highest BCUT2D eigenvalue weighted by atomic mass is 16.5. The summed E-state index contributed by atoms with van der Waals surface area (Å²) >= 11 is 0. The van der Waals surface area contributed by atoms with E-state index in [0.717, 1.165) is 12.2 Å². The molecule has 0 bridgehead atoms. The molecule has 102 valence electrons. The van der Waals surface area contributed by atoms with E-state index < -0.39 is 0 Å². The average molecular weight is 268 g/mol. The van der Waals surface area contributed by atoms with E-state index in [1.807, 2.05) is 30.3 Å². The molecule has 0 amide bonds. The molecule has 0 N–H and O–H groups in total. The van der Waals surface area contributed by atoms with Gasteiger partial charge in [-0.1, -0.05) is 19.1 Å². The molecule has 0 saturated heterocycles. The fraction of sp³-hybridized carbons (Fsp3) is 0.250. The Morgan fingerprint density at radius 2 is 2.15 bits per heavy atom. The van der Waals surface area contributed by atoms with Crippen molar-refractivity contribution in [3.63, 3.8) is 0 Å². The molecule has 0 saturated carbocycles. The number of nitrogens with zero attached hydrogens (tertiary/aromatic N) is 2. The Labute approximate surface area is 117 Å². The summed E-state index contributed by atoms with van der Waals surface area (Å²) < 4.78 is 7.13. The Balaban J connectivity index is 2.00. The van der Waals surface area contributed by atoms with E-state index >= 15 is 0 Å². The lowest BCUT2D eigenvalue weighted by molar-refractivity contribution is 0.296. The molecule has 2 aromatic rings. The van der Waals surface area contributed by atoms with Gasteiger partial charge in [-0.2, -0.15) is 5.26 Å². The molecule has 0 aliphatic heterocycles. The smallest absolute Gasteiger partial charge is 0.268 e. The number of hydrogen-bond acceptors (Lipinski definition) is 3. The molecule has 1 aromatic carbocycles. The number of rotatable bonds is 5. The molecule has 20 heavy (non-hydrogen) atoms. The van der Waals surface area contributed by atoms with Gasteiger partial charge in [0.05, 0.1) is 6.54 Å². The van der Waals surface area contributed by atoms with Gasteiger partial charge in [0.15, 0.2) is 0 Å². The summed E-state index contributed by atoms with van der Waals surface area (Å²) in [4.78, 5) is 11.8. The van der Waals surface area contributed by atoms with Crippen LogP contribution in [0.25, 0.3) is 0 Å². The number of pyridine rings is 1. The van der Waals surface area contributed by atoms with Crippen molar-refractivity contribution < 1.29 is 4.74 Å². The van der Waals surface area contributed by atoms with Crippen molar-refractivity contribution in [2.75, 3.05) is 6.61 Å². The molecule has 0 fully saturated rings. The lowest BCUT2D eigenvalue weighted by atomic mass is 10.2. The van der Waals surface area contributed by atoms with Crippen molar-refractivity contribution >= 4 is 0 Å². The zero-order valence-electron chi connectivity index (χ0n) is 11.4. The Morgan fingerprint density at radius 3 is 2.90 bits per heavy atom. The van der Waals surface area contributed by atoms with Gasteiger partial charge in [0.25, 0.3) is 5.56 Å². The van der Waals surface area contributed by atoms with Crippen molar-refractivity contribution in [2.24, 2.45) is 0 Å². The van der Waals surface area contributed by atoms with Crippen molar-refractivity contribution in [2.45, 2.75) is 19.9 Å². The van der Waals surface area contributed by atoms with Gasteiger partial charge in [0.1, 0.15) is 24.0 Å². The van der Waals surface area contributed by atoms with Crippen molar-refractivity contribution in [1.82, 2.24) is 4.57 Å². The van der Waals surface area contributed by atoms with Crippen LogP contribution in [0.1, 0.15) is 18.1 Å². The first-order valence-electron chi connectivity index (χ1n) is 6.56. The normalized spacial score (nSPS) is 10.0. The predicted octanol–water partition coefficient (Wildman–Crippen LogP) is 2.36. The third-order valence-corrected chi connectivity index (χ3v) is 3.05. The number of hydrogen-bond donors (Lipinski definition) is 0. The summed E-state index contributed by atoms with van der Waals surface area (Å²) in [7, 11) is 0. The number of aromatic nitrogens is 1. The molecule has 4 nitrogen and oxygen atoms in total. The van der Waals surface area contributed by atoms with Gasteiger partial charge in [-0.25, -0.2) is 0 Å². The largest absolute Gasteiger partial charge is 0.492 e. The highest BCUT2D eigenvalue weighted by molar-refractivity contribution is 5.28. The van der Waals surface area contributed by atoms with E-state index in [1.165, 1.54) is 16.2 Å². The zero-order valence-corrected chi connectivity index (χ0v) is 11.4. The molecule has 0 unspecified atom stereocenters. The second-order valence-corrected chi connectivity index (χ2v) is 4.38. The van der Waals surface area contributed by atoms with E-state index in [0.29, 0.717) is 13.2 Å². The molecular formula is C16H16N2O2. The molecular weight excluding hydrogens is 252 g/mol. The van der Waals surface area contributed by atoms with Crippen LogP contribution in [0.2, 0.25) is 0 Å². The van der Waals surface area contributed by atoms with Crippen LogP contribution in [-0.2, 0) is 13.0 Å². The SMILES string of the molecule is CCc1cccc(OCCn2cccc(C#N)c2=O)c1. The molecule has 0 atom stereocenters. The Morgan fingerprint density at radius 1 is 1.30 bits per heavy atom. The molecule has 0 aliphatic carbocycles. The summed E-state index contributed by atoms with van der Waals surface area (Å²) in [5.41, 5.74) is 1.09. The number of benzene rings is 1. The first kappa shape index (κ1) is 13.9. The maximum atomic E-state index is 11.8. The minimum Gasteiger partial charge on any atom is -0.492 e. The monoisotopic (exact) mass is 268 g/mol. The van der Waals surface area contributed by atoms with Crippen molar-refractivity contribution in [3.05, 3.63) is 64.1 Å². The second kappa shape index (κ2) is 6.58. The lowest BCUT2D eigenvalue weighted by Crippen LogP contribution is -2.24. The summed E-state index contributed by atoms with van der Waals surface area (Å²) in [6.07, 6.45) is 2.62. The highest BCUT2D eigenvalue weighted by Crippen LogP contribution is 2.13. The predicted molar refractivity (Wildman–Crippen MR) is 76.7 cm³/mol. The summed E-state index contributed by atoms with van der Waals surface area (Å²) in [6, 6.07) is 13.0. The van der Waals surface area contributed by atoms with Crippen LogP contribution in [-0.4, -0.2) is 11.2 Å². The van der Waals surface area contributed by atoms with E-state index in [4.69, 9.17) is 10.00 Å². The van der Waals surface area contributed by atoms with E-state index in [2.05, 4.69) is 6.92 Å². The Bertz CT molecular complexity index is 683. The first-order valence-corrected chi connectivity index (χ1v) is 6.56. The van der Waals surface area contributed by atoms with Gasteiger partial charge in [0, 0.05) is 6.20 Å². The fourth-order valence-corrected chi connectivity index (χ4v) is 1.92. The number of nitriles is 1. The van der Waals surface area contributed by atoms with E-state index in [-0.39, 0.29) is 11.1 Å². The second-order valence-electron chi connectivity index (χ2n) is 4.38. The van der Waals surface area contributed by atoms with Gasteiger partial charge in [0.2, 0.25) is 0 Å². The van der Waals surface area contributed by atoms with Crippen LogP contribution in [0.5, 0.6) is 5.75 Å². The van der Waals surface area contributed by atoms with Crippen LogP contribution in [0.15, 0.2) is 47.4 Å². The van der Waals surface area contributed by atoms with Crippen LogP contribution in [0.4, 0.5) is 0 Å². The summed E-state index contributed by atoms with van der Waals surface area (Å²) in [6.45, 7) is 2.90. The fourth-order valence-electron chi connectivity index (χ4n) is 1.92. The average Bonchev–Trinajstić information content (AvgIpc) is 2.49. The molecule has 2 rings (SSSR count). The van der Waals surface area contributed by atoms with Crippen LogP contribution in [0, 0.1) is 11.3 Å². The molecule has 0 spiro atoms. The Kier molecular flexibility index (Phi) is 4.56. The quantitative estimate of drug-likeness (QED) is 0.836. The molecule has 0 aliphatic rings. The standard InChI is InChI=1S/C16H16N2O2/c1-2-13-5-3-7-15(11-13)20-10-9-18-8-4-6-14(12-17)16(18)19/h3-8,11H,2,9-10H2,1H3. The third kappa shape index (κ3) is 3.27. The maximum absolute atomic E-state index is 11.8. The molecule has 1 aromatic heterocycles. The lowest BCUT2D eigenvalue weighted by Gasteiger charge is -2.09. The minimum absolute atomic E-state index is 0.153. The third-order valence-electron chi connectivity index (χ3n) is 3.05. The highest BCUT2D eigenvalue weighted by Gasteiger charge is 2.02. The van der Waals surface area contributed by atoms with Crippen molar-refractivity contribution in [1.29, 1.82) is 5.26 Å². The first-order chi connectivity index (χ1) is 9.74. The number of aryl methyl sites for hydroxylation is 1. The van der Waals surface area contributed by atoms with Crippen LogP contribution >= 0.6 is 0 Å². The maximum Gasteiger partial charge on any atom is 0.268 e. The Hall–Kier alpha value is -2.54. The van der Waals surface area contributed by atoms with Gasteiger partial charge >= 0.3 is 0 Å². The van der Waals surface area contributed by atoms with Gasteiger partial charge in [-0.15, -0.1) is 0 Å². The molecule has 1 heterocycles. The van der Waals surface area contributed by atoms with E-state index in [1.54, 1.807) is 12.3 Å². The topological polar surface area (TPSA) is 55.0 Å². The summed E-state index contributed by atoms with van der Waals surface area (Å²) in [5, 5.41) is 8.81. The summed E-state index contributed by atoms with van der Waals surface area (Å²) in [5.74, 6) is 0.800. The minimum atomic E-state index is -0.277. The van der Waals surface area contributed by atoms with Gasteiger partial charge < -0.3 is 9.30 Å². The number of ether oxygens (including phenoxy) is 1. The molecule has 0 radical (unpaired) electrons. The van der Waals surface area contributed by atoms with Crippen molar-refractivity contribution in [3.8, 4) is 11.8 Å². The van der Waals surface area contributed by atoms with Gasteiger partial charge in [-0.05, 0) is 36.2 Å².